The summed E-state index contributed by atoms with van der Waals surface area (Å²) in [5, 5.41) is 9.02. The highest BCUT2D eigenvalue weighted by Crippen LogP contribution is 2.44. The second kappa shape index (κ2) is 5.15. The summed E-state index contributed by atoms with van der Waals surface area (Å²) in [5.41, 5.74) is 2.46. The molecular formula is C20H21N3O. The molecule has 2 atom stereocenters. The molecule has 0 unspecified atom stereocenters. The fourth-order valence-corrected chi connectivity index (χ4v) is 4.80. The molecule has 0 radical (unpaired) electrons. The summed E-state index contributed by atoms with van der Waals surface area (Å²) in [6.07, 6.45) is 2.37. The molecule has 2 aromatic rings. The van der Waals surface area contributed by atoms with Gasteiger partial charge in [-0.3, -0.25) is 9.69 Å². The number of nitrogens with zero attached hydrogens (tertiary/aromatic N) is 3. The lowest BCUT2D eigenvalue weighted by molar-refractivity contribution is -0.131. The lowest BCUT2D eigenvalue weighted by Gasteiger charge is -2.46. The molecule has 2 bridgehead atoms. The monoisotopic (exact) mass is 319 g/mol. The van der Waals surface area contributed by atoms with Gasteiger partial charge in [-0.15, -0.1) is 0 Å². The largest absolute Gasteiger partial charge is 0.293 e. The van der Waals surface area contributed by atoms with Gasteiger partial charge in [-0.05, 0) is 42.3 Å². The van der Waals surface area contributed by atoms with Crippen molar-refractivity contribution in [3.05, 3.63) is 48.0 Å². The molecule has 0 aromatic heterocycles. The number of piperidine rings is 3. The summed E-state index contributed by atoms with van der Waals surface area (Å²) < 4.78 is 0. The van der Waals surface area contributed by atoms with Gasteiger partial charge in [0.1, 0.15) is 6.04 Å². The Hall–Kier alpha value is -2.20. The van der Waals surface area contributed by atoms with Crippen LogP contribution in [0.15, 0.2) is 47.6 Å². The predicted octanol–water partition coefficient (Wildman–Crippen LogP) is 3.19. The molecule has 1 amide bonds. The van der Waals surface area contributed by atoms with Crippen molar-refractivity contribution in [2.75, 3.05) is 13.1 Å². The summed E-state index contributed by atoms with van der Waals surface area (Å²) in [6, 6.07) is 15.1. The first-order valence-corrected chi connectivity index (χ1v) is 8.84. The van der Waals surface area contributed by atoms with E-state index in [4.69, 9.17) is 5.10 Å². The molecule has 4 heteroatoms. The molecule has 3 fully saturated rings. The quantitative estimate of drug-likeness (QED) is 0.809. The second-order valence-electron chi connectivity index (χ2n) is 7.16. The van der Waals surface area contributed by atoms with E-state index >= 15 is 0 Å². The summed E-state index contributed by atoms with van der Waals surface area (Å²) in [5.74, 6) is 0.595. The number of hydrogen-bond donors (Lipinski definition) is 0. The third-order valence-electron chi connectivity index (χ3n) is 5.89. The summed E-state index contributed by atoms with van der Waals surface area (Å²) in [4.78, 5) is 14.9. The van der Waals surface area contributed by atoms with Crippen LogP contribution in [0.2, 0.25) is 0 Å². The van der Waals surface area contributed by atoms with Crippen LogP contribution in [-0.4, -0.2) is 40.7 Å². The summed E-state index contributed by atoms with van der Waals surface area (Å²) in [7, 11) is 0. The van der Waals surface area contributed by atoms with Crippen LogP contribution < -0.4 is 0 Å². The van der Waals surface area contributed by atoms with Gasteiger partial charge in [-0.2, -0.15) is 5.10 Å². The lowest BCUT2D eigenvalue weighted by atomic mass is 9.77. The molecule has 4 aliphatic rings. The highest BCUT2D eigenvalue weighted by molar-refractivity contribution is 5.98. The van der Waals surface area contributed by atoms with Crippen molar-refractivity contribution in [3.63, 3.8) is 0 Å². The number of hydrazone groups is 1. The summed E-state index contributed by atoms with van der Waals surface area (Å²) >= 11 is 0. The normalized spacial score (nSPS) is 31.2. The number of carbonyl (C=O) groups excluding carboxylic acids is 1. The van der Waals surface area contributed by atoms with Crippen LogP contribution in [0.25, 0.3) is 10.8 Å². The number of fused-ring (bicyclic) bond motifs is 3. The molecule has 4 nitrogen and oxygen atoms in total. The minimum Gasteiger partial charge on any atom is -0.293 e. The maximum Gasteiger partial charge on any atom is 0.240 e. The van der Waals surface area contributed by atoms with E-state index in [-0.39, 0.29) is 18.0 Å². The fraction of sp³-hybridized carbons (Fsp3) is 0.400. The smallest absolute Gasteiger partial charge is 0.240 e. The minimum atomic E-state index is 0.00620. The fourth-order valence-electron chi connectivity index (χ4n) is 4.80. The Labute approximate surface area is 141 Å². The van der Waals surface area contributed by atoms with Crippen LogP contribution in [0.3, 0.4) is 0 Å². The third-order valence-corrected chi connectivity index (χ3v) is 5.89. The predicted molar refractivity (Wildman–Crippen MR) is 94.7 cm³/mol. The highest BCUT2D eigenvalue weighted by atomic mass is 16.2. The van der Waals surface area contributed by atoms with Gasteiger partial charge in [0.15, 0.2) is 0 Å². The number of hydrogen-bond acceptors (Lipinski definition) is 3. The number of benzene rings is 2. The van der Waals surface area contributed by atoms with E-state index in [0.29, 0.717) is 5.92 Å². The van der Waals surface area contributed by atoms with Gasteiger partial charge in [0.05, 0.1) is 11.8 Å². The first-order chi connectivity index (χ1) is 11.7. The summed E-state index contributed by atoms with van der Waals surface area (Å²) in [6.45, 7) is 3.89. The molecule has 0 spiro atoms. The van der Waals surface area contributed by atoms with Crippen molar-refractivity contribution in [1.82, 2.24) is 9.91 Å². The van der Waals surface area contributed by atoms with Crippen LogP contribution in [0.1, 0.15) is 31.4 Å². The van der Waals surface area contributed by atoms with Gasteiger partial charge < -0.3 is 0 Å². The zero-order valence-corrected chi connectivity index (χ0v) is 13.9. The maximum absolute atomic E-state index is 12.3. The van der Waals surface area contributed by atoms with Crippen LogP contribution in [0.4, 0.5) is 0 Å². The van der Waals surface area contributed by atoms with Gasteiger partial charge in [-0.25, -0.2) is 5.01 Å². The van der Waals surface area contributed by atoms with Crippen molar-refractivity contribution < 1.29 is 4.79 Å². The Morgan fingerprint density at radius 2 is 1.79 bits per heavy atom. The van der Waals surface area contributed by atoms with Crippen LogP contribution >= 0.6 is 0 Å². The molecular weight excluding hydrogens is 298 g/mol. The van der Waals surface area contributed by atoms with Gasteiger partial charge in [-0.1, -0.05) is 42.5 Å². The van der Waals surface area contributed by atoms with Crippen LogP contribution in [0.5, 0.6) is 0 Å². The molecule has 0 saturated carbocycles. The van der Waals surface area contributed by atoms with Crippen molar-refractivity contribution in [1.29, 1.82) is 0 Å². The Morgan fingerprint density at radius 3 is 2.58 bits per heavy atom. The SMILES string of the molecule is CC(=O)N1N=C2C3CCN(CC3)[C@@H]2[C@@H]1c1cccc2ccccc12. The number of amides is 1. The minimum absolute atomic E-state index is 0.00620. The van der Waals surface area contributed by atoms with Crippen molar-refractivity contribution in [2.24, 2.45) is 11.0 Å². The van der Waals surface area contributed by atoms with Crippen LogP contribution in [-0.2, 0) is 4.79 Å². The second-order valence-corrected chi connectivity index (χ2v) is 7.16. The van der Waals surface area contributed by atoms with E-state index in [2.05, 4.69) is 47.4 Å². The zero-order chi connectivity index (χ0) is 16.3. The van der Waals surface area contributed by atoms with Gasteiger partial charge in [0.2, 0.25) is 5.91 Å². The van der Waals surface area contributed by atoms with Gasteiger partial charge in [0, 0.05) is 12.8 Å². The molecule has 122 valence electrons. The molecule has 3 saturated heterocycles. The number of rotatable bonds is 1. The van der Waals surface area contributed by atoms with Crippen molar-refractivity contribution in [3.8, 4) is 0 Å². The topological polar surface area (TPSA) is 35.9 Å². The average molecular weight is 319 g/mol. The maximum atomic E-state index is 12.3. The lowest BCUT2D eigenvalue weighted by Crippen LogP contribution is -2.56. The van der Waals surface area contributed by atoms with Gasteiger partial charge in [0.25, 0.3) is 0 Å². The first kappa shape index (κ1) is 14.2. The van der Waals surface area contributed by atoms with Crippen molar-refractivity contribution in [2.45, 2.75) is 31.8 Å². The highest BCUT2D eigenvalue weighted by Gasteiger charge is 2.50. The third kappa shape index (κ3) is 1.89. The standard InChI is InChI=1S/C20H21N3O/c1-13(24)23-19(17-8-4-6-14-5-2-3-7-16(14)17)20-18(21-23)15-9-11-22(20)12-10-15/h2-8,15,19-20H,9-12H2,1H3/t19-,20-/m0/s1. The van der Waals surface area contributed by atoms with E-state index in [1.165, 1.54) is 34.9 Å². The Kier molecular flexibility index (Phi) is 3.04. The number of carbonyl (C=O) groups is 1. The molecule has 6 rings (SSSR count). The van der Waals surface area contributed by atoms with E-state index in [1.807, 2.05) is 0 Å². The zero-order valence-electron chi connectivity index (χ0n) is 13.9. The van der Waals surface area contributed by atoms with Gasteiger partial charge >= 0.3 is 0 Å². The molecule has 4 heterocycles. The first-order valence-electron chi connectivity index (χ1n) is 8.84. The Morgan fingerprint density at radius 1 is 1.04 bits per heavy atom. The van der Waals surface area contributed by atoms with E-state index in [1.54, 1.807) is 11.9 Å². The Bertz CT molecular complexity index is 846. The van der Waals surface area contributed by atoms with E-state index < -0.39 is 0 Å². The molecule has 4 aliphatic heterocycles. The molecule has 24 heavy (non-hydrogen) atoms. The Balaban J connectivity index is 1.69. The average Bonchev–Trinajstić information content (AvgIpc) is 3.05. The van der Waals surface area contributed by atoms with E-state index in [0.717, 1.165) is 13.1 Å². The van der Waals surface area contributed by atoms with Crippen LogP contribution in [0, 0.1) is 5.92 Å². The molecule has 0 N–H and O–H groups in total. The van der Waals surface area contributed by atoms with Crippen molar-refractivity contribution >= 4 is 22.4 Å². The molecule has 2 aromatic carbocycles. The van der Waals surface area contributed by atoms with E-state index in [9.17, 15) is 4.79 Å². The molecule has 0 aliphatic carbocycles.